The summed E-state index contributed by atoms with van der Waals surface area (Å²) in [6.45, 7) is 0.0301. The first-order chi connectivity index (χ1) is 11.4. The molecule has 3 aromatic rings. The van der Waals surface area contributed by atoms with E-state index in [0.29, 0.717) is 10.9 Å². The van der Waals surface area contributed by atoms with Crippen LogP contribution in [0.25, 0.3) is 10.9 Å². The van der Waals surface area contributed by atoms with E-state index >= 15 is 0 Å². The molecule has 1 atom stereocenters. The van der Waals surface area contributed by atoms with Gasteiger partial charge in [-0.05, 0) is 17.7 Å². The van der Waals surface area contributed by atoms with Gasteiger partial charge in [-0.25, -0.2) is 9.97 Å². The summed E-state index contributed by atoms with van der Waals surface area (Å²) in [6.07, 6.45) is -5.51. The van der Waals surface area contributed by atoms with Crippen molar-refractivity contribution < 1.29 is 18.3 Å². The van der Waals surface area contributed by atoms with Crippen LogP contribution in [-0.4, -0.2) is 21.6 Å². The fraction of sp³-hybridized carbons (Fsp3) is 0.176. The predicted molar refractivity (Wildman–Crippen MR) is 84.4 cm³/mol. The summed E-state index contributed by atoms with van der Waals surface area (Å²) in [5.74, 6) is -1.17. The van der Waals surface area contributed by atoms with E-state index in [-0.39, 0.29) is 17.9 Å². The van der Waals surface area contributed by atoms with Gasteiger partial charge < -0.3 is 10.4 Å². The van der Waals surface area contributed by atoms with Crippen LogP contribution in [0.1, 0.15) is 17.5 Å². The molecule has 0 radical (unpaired) electrons. The summed E-state index contributed by atoms with van der Waals surface area (Å²) in [7, 11) is 0. The molecular weight excluding hydrogens is 319 g/mol. The van der Waals surface area contributed by atoms with E-state index in [1.54, 1.807) is 42.5 Å². The van der Waals surface area contributed by atoms with Gasteiger partial charge in [0, 0.05) is 11.9 Å². The molecule has 3 rings (SSSR count). The van der Waals surface area contributed by atoms with Crippen LogP contribution >= 0.6 is 0 Å². The van der Waals surface area contributed by atoms with Gasteiger partial charge in [0.15, 0.2) is 0 Å². The molecule has 0 bridgehead atoms. The number of hydrogen-bond donors (Lipinski definition) is 2. The third-order valence-electron chi connectivity index (χ3n) is 3.50. The topological polar surface area (TPSA) is 58.0 Å². The maximum Gasteiger partial charge on any atom is 0.451 e. The first-order valence-corrected chi connectivity index (χ1v) is 7.26. The molecule has 4 nitrogen and oxygen atoms in total. The van der Waals surface area contributed by atoms with Crippen LogP contribution in [0.2, 0.25) is 0 Å². The Morgan fingerprint density at radius 2 is 1.62 bits per heavy atom. The minimum atomic E-state index is -4.64. The Hall–Kier alpha value is -2.67. The van der Waals surface area contributed by atoms with Gasteiger partial charge in [-0.2, -0.15) is 13.2 Å². The molecule has 7 heteroatoms. The quantitative estimate of drug-likeness (QED) is 0.763. The van der Waals surface area contributed by atoms with Crippen molar-refractivity contribution in [2.75, 3.05) is 11.9 Å². The van der Waals surface area contributed by atoms with Crippen LogP contribution in [0.4, 0.5) is 19.0 Å². The molecule has 0 amide bonds. The van der Waals surface area contributed by atoms with Gasteiger partial charge in [-0.3, -0.25) is 0 Å². The highest BCUT2D eigenvalue weighted by atomic mass is 19.4. The van der Waals surface area contributed by atoms with E-state index in [1.165, 1.54) is 6.07 Å². The van der Waals surface area contributed by atoms with E-state index in [1.807, 2.05) is 6.07 Å². The smallest absolute Gasteiger partial charge is 0.387 e. The second-order valence-corrected chi connectivity index (χ2v) is 5.22. The number of aliphatic hydroxyl groups is 1. The van der Waals surface area contributed by atoms with Gasteiger partial charge in [0.1, 0.15) is 5.82 Å². The third kappa shape index (κ3) is 3.46. The van der Waals surface area contributed by atoms with Crippen LogP contribution in [-0.2, 0) is 6.18 Å². The molecule has 2 N–H and O–H groups in total. The molecular formula is C17H14F3N3O. The maximum absolute atomic E-state index is 13.0. The van der Waals surface area contributed by atoms with Crippen molar-refractivity contribution in [1.29, 1.82) is 0 Å². The molecule has 0 aliphatic carbocycles. The first kappa shape index (κ1) is 16.2. The van der Waals surface area contributed by atoms with E-state index in [0.717, 1.165) is 0 Å². The second-order valence-electron chi connectivity index (χ2n) is 5.22. The largest absolute Gasteiger partial charge is 0.451 e. The lowest BCUT2D eigenvalue weighted by Gasteiger charge is -2.15. The van der Waals surface area contributed by atoms with Gasteiger partial charge in [-0.1, -0.05) is 42.5 Å². The summed E-state index contributed by atoms with van der Waals surface area (Å²) in [4.78, 5) is 7.13. The van der Waals surface area contributed by atoms with Crippen LogP contribution < -0.4 is 5.32 Å². The number of alkyl halides is 3. The lowest BCUT2D eigenvalue weighted by atomic mass is 10.1. The normalized spacial score (nSPS) is 13.0. The summed E-state index contributed by atoms with van der Waals surface area (Å²) < 4.78 is 38.9. The molecule has 2 aromatic carbocycles. The number of hydrogen-bond acceptors (Lipinski definition) is 4. The number of benzene rings is 2. The van der Waals surface area contributed by atoms with Crippen molar-refractivity contribution >= 4 is 16.7 Å². The fourth-order valence-electron chi connectivity index (χ4n) is 2.32. The number of nitrogens with zero attached hydrogens (tertiary/aromatic N) is 2. The lowest BCUT2D eigenvalue weighted by molar-refractivity contribution is -0.144. The number of rotatable bonds is 4. The Bertz CT molecular complexity index is 837. The summed E-state index contributed by atoms with van der Waals surface area (Å²) in [6, 6.07) is 15.3. The van der Waals surface area contributed by atoms with Crippen molar-refractivity contribution in [3.63, 3.8) is 0 Å². The van der Waals surface area contributed by atoms with Crippen LogP contribution in [0.5, 0.6) is 0 Å². The molecule has 0 saturated heterocycles. The van der Waals surface area contributed by atoms with Crippen LogP contribution in [0, 0.1) is 0 Å². The van der Waals surface area contributed by atoms with Crippen molar-refractivity contribution in [2.24, 2.45) is 0 Å². The number of anilines is 1. The van der Waals surface area contributed by atoms with E-state index in [9.17, 15) is 18.3 Å². The monoisotopic (exact) mass is 333 g/mol. The van der Waals surface area contributed by atoms with Gasteiger partial charge in [0.25, 0.3) is 0 Å². The maximum atomic E-state index is 13.0. The highest BCUT2D eigenvalue weighted by molar-refractivity contribution is 5.89. The van der Waals surface area contributed by atoms with Gasteiger partial charge in [-0.15, -0.1) is 0 Å². The fourth-order valence-corrected chi connectivity index (χ4v) is 2.32. The zero-order valence-electron chi connectivity index (χ0n) is 12.5. The molecule has 0 unspecified atom stereocenters. The van der Waals surface area contributed by atoms with Crippen LogP contribution in [0.3, 0.4) is 0 Å². The number of fused-ring (bicyclic) bond motifs is 1. The molecule has 124 valence electrons. The molecule has 0 fully saturated rings. The lowest BCUT2D eigenvalue weighted by Crippen LogP contribution is -2.17. The number of aromatic nitrogens is 2. The Morgan fingerprint density at radius 1 is 0.958 bits per heavy atom. The highest BCUT2D eigenvalue weighted by Gasteiger charge is 2.35. The van der Waals surface area contributed by atoms with E-state index in [4.69, 9.17) is 0 Å². The number of para-hydroxylation sites is 1. The molecule has 0 saturated carbocycles. The van der Waals surface area contributed by atoms with Crippen molar-refractivity contribution in [1.82, 2.24) is 9.97 Å². The number of nitrogens with one attached hydrogen (secondary N) is 1. The van der Waals surface area contributed by atoms with Crippen LogP contribution in [0.15, 0.2) is 54.6 Å². The third-order valence-corrected chi connectivity index (χ3v) is 3.50. The Kier molecular flexibility index (Phi) is 4.35. The highest BCUT2D eigenvalue weighted by Crippen LogP contribution is 2.30. The first-order valence-electron chi connectivity index (χ1n) is 7.26. The zero-order chi connectivity index (χ0) is 17.2. The van der Waals surface area contributed by atoms with Gasteiger partial charge >= 0.3 is 6.18 Å². The standard InChI is InChI=1S/C17H14F3N3O/c18-17(19,20)16-22-13-9-5-4-8-12(13)15(23-16)21-10-14(24)11-6-2-1-3-7-11/h1-9,14,24H,10H2,(H,21,22,23)/t14-/m1/s1. The number of halogens is 3. The average Bonchev–Trinajstić information content (AvgIpc) is 2.59. The van der Waals surface area contributed by atoms with Crippen molar-refractivity contribution in [2.45, 2.75) is 12.3 Å². The number of aliphatic hydroxyl groups excluding tert-OH is 1. The van der Waals surface area contributed by atoms with Crippen molar-refractivity contribution in [3.8, 4) is 0 Å². The van der Waals surface area contributed by atoms with Gasteiger partial charge in [0.2, 0.25) is 5.82 Å². The average molecular weight is 333 g/mol. The summed E-state index contributed by atoms with van der Waals surface area (Å²) in [5, 5.41) is 13.4. The summed E-state index contributed by atoms with van der Waals surface area (Å²) >= 11 is 0. The predicted octanol–water partition coefficient (Wildman–Crippen LogP) is 3.79. The minimum Gasteiger partial charge on any atom is -0.387 e. The van der Waals surface area contributed by atoms with E-state index < -0.39 is 18.1 Å². The summed E-state index contributed by atoms with van der Waals surface area (Å²) in [5.41, 5.74) is 0.857. The van der Waals surface area contributed by atoms with Gasteiger partial charge in [0.05, 0.1) is 11.6 Å². The molecule has 0 spiro atoms. The Balaban J connectivity index is 1.90. The van der Waals surface area contributed by atoms with E-state index in [2.05, 4.69) is 15.3 Å². The molecule has 1 heterocycles. The SMILES string of the molecule is O[C@H](CNc1nc(C(F)(F)F)nc2ccccc12)c1ccccc1. The second kappa shape index (κ2) is 6.45. The molecule has 0 aliphatic heterocycles. The van der Waals surface area contributed by atoms with Crippen molar-refractivity contribution in [3.05, 3.63) is 66.0 Å². The Morgan fingerprint density at radius 3 is 2.33 bits per heavy atom. The molecule has 24 heavy (non-hydrogen) atoms. The minimum absolute atomic E-state index is 0.0301. The zero-order valence-corrected chi connectivity index (χ0v) is 12.5. The Labute approximate surface area is 136 Å². The molecule has 0 aliphatic rings. The molecule has 1 aromatic heterocycles.